The summed E-state index contributed by atoms with van der Waals surface area (Å²) in [5, 5.41) is 13.1. The highest BCUT2D eigenvalue weighted by Gasteiger charge is 2.07. The summed E-state index contributed by atoms with van der Waals surface area (Å²) in [5.74, 6) is -0.103. The number of aliphatic hydroxyl groups excluding tert-OH is 1. The Morgan fingerprint density at radius 2 is 1.69 bits per heavy atom. The first kappa shape index (κ1) is 27.1. The van der Waals surface area contributed by atoms with Gasteiger partial charge >= 0.3 is 0 Å². The van der Waals surface area contributed by atoms with Gasteiger partial charge in [-0.15, -0.1) is 0 Å². The number of allylic oxidation sites excluding steroid dienone is 13. The Morgan fingerprint density at radius 1 is 0.969 bits per heavy atom. The fourth-order valence-corrected chi connectivity index (χ4v) is 2.85. The van der Waals surface area contributed by atoms with Gasteiger partial charge in [0.2, 0.25) is 5.91 Å². The minimum absolute atomic E-state index is 0.0316. The number of hydrogen-bond donors (Lipinski definition) is 2. The fourth-order valence-electron chi connectivity index (χ4n) is 2.85. The molecule has 172 valence electrons. The topological polar surface area (TPSA) is 49.3 Å². The van der Waals surface area contributed by atoms with Gasteiger partial charge in [-0.2, -0.15) is 0 Å². The molecule has 1 rings (SSSR count). The van der Waals surface area contributed by atoms with Crippen molar-refractivity contribution < 1.29 is 9.90 Å². The second kappa shape index (κ2) is 17.7. The van der Waals surface area contributed by atoms with Crippen LogP contribution in [-0.4, -0.2) is 23.2 Å². The van der Waals surface area contributed by atoms with Crippen LogP contribution in [0.5, 0.6) is 0 Å². The van der Waals surface area contributed by atoms with Crippen LogP contribution in [0.25, 0.3) is 0 Å². The van der Waals surface area contributed by atoms with E-state index in [2.05, 4.69) is 42.6 Å². The van der Waals surface area contributed by atoms with Crippen molar-refractivity contribution in [2.24, 2.45) is 0 Å². The molecule has 0 aromatic rings. The molecule has 2 atom stereocenters. The van der Waals surface area contributed by atoms with Crippen LogP contribution in [0.4, 0.5) is 0 Å². The molecule has 0 saturated heterocycles. The van der Waals surface area contributed by atoms with Crippen LogP contribution in [0.1, 0.15) is 52.9 Å². The second-order valence-corrected chi connectivity index (χ2v) is 7.87. The van der Waals surface area contributed by atoms with E-state index in [1.807, 2.05) is 62.5 Å². The quantitative estimate of drug-likeness (QED) is 0.480. The van der Waals surface area contributed by atoms with Crippen LogP contribution in [0, 0.1) is 0 Å². The normalized spacial score (nSPS) is 21.7. The summed E-state index contributed by atoms with van der Waals surface area (Å²) < 4.78 is 0. The lowest BCUT2D eigenvalue weighted by Crippen LogP contribution is -2.32. The molecule has 0 aromatic heterocycles. The van der Waals surface area contributed by atoms with Crippen molar-refractivity contribution in [3.8, 4) is 0 Å². The minimum Gasteiger partial charge on any atom is -0.389 e. The monoisotopic (exact) mass is 433 g/mol. The van der Waals surface area contributed by atoms with E-state index in [1.54, 1.807) is 18.2 Å². The van der Waals surface area contributed by atoms with Gasteiger partial charge in [0.25, 0.3) is 0 Å². The molecular weight excluding hydrogens is 394 g/mol. The van der Waals surface area contributed by atoms with E-state index in [9.17, 15) is 9.90 Å². The number of carbonyl (C=O) groups is 1. The van der Waals surface area contributed by atoms with Gasteiger partial charge in [-0.05, 0) is 39.5 Å². The van der Waals surface area contributed by atoms with Gasteiger partial charge in [0, 0.05) is 12.1 Å². The summed E-state index contributed by atoms with van der Waals surface area (Å²) in [4.78, 5) is 12.4. The van der Waals surface area contributed by atoms with Crippen LogP contribution in [0.15, 0.2) is 108 Å². The van der Waals surface area contributed by atoms with Crippen LogP contribution < -0.4 is 5.32 Å². The highest BCUT2D eigenvalue weighted by Crippen LogP contribution is 2.06. The van der Waals surface area contributed by atoms with Gasteiger partial charge in [0.05, 0.1) is 6.10 Å². The largest absolute Gasteiger partial charge is 0.389 e. The molecule has 0 fully saturated rings. The lowest BCUT2D eigenvalue weighted by atomic mass is 10.1. The van der Waals surface area contributed by atoms with Gasteiger partial charge < -0.3 is 10.4 Å². The number of hydrogen-bond acceptors (Lipinski definition) is 2. The average molecular weight is 434 g/mol. The van der Waals surface area contributed by atoms with E-state index in [-0.39, 0.29) is 11.9 Å². The van der Waals surface area contributed by atoms with Gasteiger partial charge in [-0.3, -0.25) is 4.79 Å². The van der Waals surface area contributed by atoms with Gasteiger partial charge in [-0.25, -0.2) is 0 Å². The second-order valence-electron chi connectivity index (χ2n) is 7.87. The third-order valence-corrected chi connectivity index (χ3v) is 4.72. The SMILES string of the molecule is CCCC=CC=CC[C@@H]1CC=CC=C(C)C=CC=C[C@@H](O)CC=C(C)C=CC=CC(=O)N1. The zero-order chi connectivity index (χ0) is 23.4. The maximum absolute atomic E-state index is 12.4. The molecular formula is C29H39NO2. The number of aliphatic hydroxyl groups is 1. The maximum Gasteiger partial charge on any atom is 0.244 e. The first-order chi connectivity index (χ1) is 15.5. The number of rotatable bonds is 5. The lowest BCUT2D eigenvalue weighted by Gasteiger charge is -2.14. The molecule has 0 aromatic carbocycles. The zero-order valence-electron chi connectivity index (χ0n) is 19.8. The van der Waals surface area contributed by atoms with E-state index in [1.165, 1.54) is 0 Å². The Balaban J connectivity index is 2.93. The molecule has 32 heavy (non-hydrogen) atoms. The first-order valence-electron chi connectivity index (χ1n) is 11.5. The average Bonchev–Trinajstić information content (AvgIpc) is 2.77. The van der Waals surface area contributed by atoms with E-state index in [4.69, 9.17) is 0 Å². The van der Waals surface area contributed by atoms with E-state index in [0.717, 1.165) is 36.8 Å². The summed E-state index contributed by atoms with van der Waals surface area (Å²) in [6.07, 6.45) is 34.9. The van der Waals surface area contributed by atoms with E-state index in [0.29, 0.717) is 6.42 Å². The highest BCUT2D eigenvalue weighted by atomic mass is 16.3. The highest BCUT2D eigenvalue weighted by molar-refractivity contribution is 5.88. The fraction of sp³-hybridized carbons (Fsp3) is 0.345. The molecule has 1 amide bonds. The maximum atomic E-state index is 12.4. The van der Waals surface area contributed by atoms with Crippen molar-refractivity contribution in [3.05, 3.63) is 108 Å². The molecule has 0 spiro atoms. The third kappa shape index (κ3) is 15.0. The first-order valence-corrected chi connectivity index (χ1v) is 11.5. The Kier molecular flexibility index (Phi) is 15.0. The summed E-state index contributed by atoms with van der Waals surface area (Å²) in [6, 6.07) is 0.0316. The molecule has 0 bridgehead atoms. The number of nitrogens with one attached hydrogen (secondary N) is 1. The van der Waals surface area contributed by atoms with E-state index >= 15 is 0 Å². The molecule has 0 saturated carbocycles. The molecule has 1 aliphatic rings. The molecule has 0 unspecified atom stereocenters. The Labute approximate surface area is 194 Å². The zero-order valence-corrected chi connectivity index (χ0v) is 19.8. The predicted octanol–water partition coefficient (Wildman–Crippen LogP) is 6.60. The van der Waals surface area contributed by atoms with Crippen molar-refractivity contribution in [2.75, 3.05) is 0 Å². The number of unbranched alkanes of at least 4 members (excludes halogenated alkanes) is 1. The third-order valence-electron chi connectivity index (χ3n) is 4.72. The molecule has 0 radical (unpaired) electrons. The number of amides is 1. The molecule has 3 heteroatoms. The van der Waals surface area contributed by atoms with Crippen molar-refractivity contribution >= 4 is 5.91 Å². The van der Waals surface area contributed by atoms with Gasteiger partial charge in [0.1, 0.15) is 0 Å². The van der Waals surface area contributed by atoms with E-state index < -0.39 is 6.10 Å². The van der Waals surface area contributed by atoms with Crippen LogP contribution >= 0.6 is 0 Å². The summed E-state index contributed by atoms with van der Waals surface area (Å²) >= 11 is 0. The predicted molar refractivity (Wildman–Crippen MR) is 138 cm³/mol. The van der Waals surface area contributed by atoms with Crippen LogP contribution in [-0.2, 0) is 4.79 Å². The minimum atomic E-state index is -0.521. The Hall–Kier alpha value is -2.91. The van der Waals surface area contributed by atoms with Crippen LogP contribution in [0.2, 0.25) is 0 Å². The lowest BCUT2D eigenvalue weighted by molar-refractivity contribution is -0.117. The molecule has 3 nitrogen and oxygen atoms in total. The standard InChI is InChI=1S/C29H39NO2/c1-4-5-6-7-8-9-19-27-20-13-10-16-25(2)17-11-14-21-28(31)24-23-26(3)18-12-15-22-29(32)30-27/h6-18,21-23,27-28,31H,4-5,19-20,24H2,1-3H3,(H,30,32)/t27-,28-/m1/s1. The van der Waals surface area contributed by atoms with Crippen molar-refractivity contribution in [1.82, 2.24) is 5.32 Å². The molecule has 1 heterocycles. The van der Waals surface area contributed by atoms with Crippen molar-refractivity contribution in [3.63, 3.8) is 0 Å². The smallest absolute Gasteiger partial charge is 0.244 e. The summed E-state index contributed by atoms with van der Waals surface area (Å²) in [6.45, 7) is 6.17. The molecule has 2 N–H and O–H groups in total. The number of carbonyl (C=O) groups excluding carboxylic acids is 1. The van der Waals surface area contributed by atoms with Gasteiger partial charge in [-0.1, -0.05) is 116 Å². The molecule has 0 aliphatic carbocycles. The summed E-state index contributed by atoms with van der Waals surface area (Å²) in [5.41, 5.74) is 2.15. The van der Waals surface area contributed by atoms with Crippen molar-refractivity contribution in [2.45, 2.75) is 65.0 Å². The molecule has 1 aliphatic heterocycles. The summed E-state index contributed by atoms with van der Waals surface area (Å²) in [7, 11) is 0. The van der Waals surface area contributed by atoms with Gasteiger partial charge in [0.15, 0.2) is 0 Å². The Morgan fingerprint density at radius 3 is 2.50 bits per heavy atom. The van der Waals surface area contributed by atoms with Crippen molar-refractivity contribution in [1.29, 1.82) is 0 Å². The van der Waals surface area contributed by atoms with Crippen LogP contribution in [0.3, 0.4) is 0 Å². The Bertz CT molecular complexity index is 816.